The molecular formula is C15H13ClN2O3S. The van der Waals surface area contributed by atoms with Gasteiger partial charge < -0.3 is 15.2 Å². The third-order valence-electron chi connectivity index (χ3n) is 2.57. The van der Waals surface area contributed by atoms with Crippen molar-refractivity contribution < 1.29 is 14.6 Å². The number of anilines is 1. The summed E-state index contributed by atoms with van der Waals surface area (Å²) < 4.78 is 5.30. The predicted molar refractivity (Wildman–Crippen MR) is 89.4 cm³/mol. The molecule has 5 nitrogen and oxygen atoms in total. The molecule has 0 saturated heterocycles. The maximum atomic E-state index is 11.7. The third-order valence-corrected chi connectivity index (χ3v) is 3.09. The zero-order valence-electron chi connectivity index (χ0n) is 11.4. The molecule has 0 heterocycles. The first-order valence-corrected chi connectivity index (χ1v) is 7.10. The van der Waals surface area contributed by atoms with Crippen molar-refractivity contribution in [2.24, 2.45) is 0 Å². The van der Waals surface area contributed by atoms with E-state index in [1.54, 1.807) is 36.4 Å². The summed E-state index contributed by atoms with van der Waals surface area (Å²) in [6, 6.07) is 13.2. The molecule has 3 N–H and O–H groups in total. The Bertz CT molecular complexity index is 677. The molecule has 114 valence electrons. The second-order valence-electron chi connectivity index (χ2n) is 4.27. The van der Waals surface area contributed by atoms with E-state index >= 15 is 0 Å². The number of phenolic OH excluding ortho intramolecular Hbond substituents is 1. The predicted octanol–water partition coefficient (Wildman–Crippen LogP) is 2.94. The molecule has 2 aromatic carbocycles. The van der Waals surface area contributed by atoms with Crippen LogP contribution in [0.5, 0.6) is 11.5 Å². The topological polar surface area (TPSA) is 70.6 Å². The molecule has 0 fully saturated rings. The van der Waals surface area contributed by atoms with E-state index in [-0.39, 0.29) is 17.5 Å². The first-order chi connectivity index (χ1) is 10.5. The van der Waals surface area contributed by atoms with Crippen LogP contribution in [0.25, 0.3) is 0 Å². The van der Waals surface area contributed by atoms with Gasteiger partial charge in [0.25, 0.3) is 5.91 Å². The van der Waals surface area contributed by atoms with E-state index in [1.807, 2.05) is 0 Å². The molecule has 0 radical (unpaired) electrons. The van der Waals surface area contributed by atoms with E-state index in [0.29, 0.717) is 16.5 Å². The van der Waals surface area contributed by atoms with Gasteiger partial charge in [0.05, 0.1) is 5.02 Å². The van der Waals surface area contributed by atoms with Crippen LogP contribution in [0.15, 0.2) is 48.5 Å². The second kappa shape index (κ2) is 7.63. The van der Waals surface area contributed by atoms with Gasteiger partial charge in [-0.1, -0.05) is 23.7 Å². The van der Waals surface area contributed by atoms with E-state index in [0.717, 1.165) is 0 Å². The van der Waals surface area contributed by atoms with Crippen LogP contribution >= 0.6 is 23.8 Å². The van der Waals surface area contributed by atoms with Crippen LogP contribution in [0.3, 0.4) is 0 Å². The van der Waals surface area contributed by atoms with Gasteiger partial charge in [0.1, 0.15) is 11.5 Å². The molecule has 0 aliphatic heterocycles. The van der Waals surface area contributed by atoms with Crippen LogP contribution in [-0.2, 0) is 4.79 Å². The zero-order chi connectivity index (χ0) is 15.9. The third kappa shape index (κ3) is 4.91. The lowest BCUT2D eigenvalue weighted by Gasteiger charge is -2.11. The largest absolute Gasteiger partial charge is 0.508 e. The molecule has 0 aliphatic carbocycles. The molecule has 1 amide bonds. The maximum absolute atomic E-state index is 11.7. The molecule has 0 unspecified atom stereocenters. The van der Waals surface area contributed by atoms with Gasteiger partial charge >= 0.3 is 0 Å². The number of hydrogen-bond donors (Lipinski definition) is 3. The Kier molecular flexibility index (Phi) is 5.57. The Labute approximate surface area is 137 Å². The van der Waals surface area contributed by atoms with Crippen molar-refractivity contribution in [2.45, 2.75) is 0 Å². The lowest BCUT2D eigenvalue weighted by Crippen LogP contribution is -2.37. The molecule has 0 bridgehead atoms. The molecule has 0 saturated carbocycles. The molecule has 7 heteroatoms. The number of halogens is 1. The smallest absolute Gasteiger partial charge is 0.264 e. The highest BCUT2D eigenvalue weighted by molar-refractivity contribution is 7.80. The Hall–Kier alpha value is -2.31. The average molecular weight is 337 g/mol. The minimum Gasteiger partial charge on any atom is -0.508 e. The number of hydrogen-bond acceptors (Lipinski definition) is 4. The summed E-state index contributed by atoms with van der Waals surface area (Å²) in [6.07, 6.45) is 0. The number of aromatic hydroxyl groups is 1. The fraction of sp³-hybridized carbons (Fsp3) is 0.0667. The number of amides is 1. The SMILES string of the molecule is O=C(COc1ccccc1Cl)NC(=S)Nc1ccc(O)cc1. The van der Waals surface area contributed by atoms with Gasteiger partial charge in [0.15, 0.2) is 11.7 Å². The Morgan fingerprint density at radius 1 is 1.18 bits per heavy atom. The normalized spacial score (nSPS) is 9.86. The van der Waals surface area contributed by atoms with Crippen LogP contribution in [0.1, 0.15) is 0 Å². The van der Waals surface area contributed by atoms with Crippen molar-refractivity contribution in [3.8, 4) is 11.5 Å². The van der Waals surface area contributed by atoms with E-state index in [9.17, 15) is 9.90 Å². The zero-order valence-corrected chi connectivity index (χ0v) is 12.9. The summed E-state index contributed by atoms with van der Waals surface area (Å²) >= 11 is 10.9. The summed E-state index contributed by atoms with van der Waals surface area (Å²) in [4.78, 5) is 11.7. The molecule has 0 atom stereocenters. The molecule has 22 heavy (non-hydrogen) atoms. The number of nitrogens with one attached hydrogen (secondary N) is 2. The van der Waals surface area contributed by atoms with Gasteiger partial charge in [-0.3, -0.25) is 10.1 Å². The van der Waals surface area contributed by atoms with Crippen LogP contribution in [-0.4, -0.2) is 22.7 Å². The number of phenols is 1. The Morgan fingerprint density at radius 2 is 1.86 bits per heavy atom. The quantitative estimate of drug-likeness (QED) is 0.591. The molecule has 0 aliphatic rings. The second-order valence-corrected chi connectivity index (χ2v) is 5.08. The molecule has 2 aromatic rings. The van der Waals surface area contributed by atoms with E-state index in [2.05, 4.69) is 10.6 Å². The Morgan fingerprint density at radius 3 is 2.55 bits per heavy atom. The van der Waals surface area contributed by atoms with Gasteiger partial charge in [-0.25, -0.2) is 0 Å². The summed E-state index contributed by atoms with van der Waals surface area (Å²) in [7, 11) is 0. The van der Waals surface area contributed by atoms with Gasteiger partial charge in [-0.15, -0.1) is 0 Å². The lowest BCUT2D eigenvalue weighted by molar-refractivity contribution is -0.121. The summed E-state index contributed by atoms with van der Waals surface area (Å²) in [5.74, 6) is 0.168. The van der Waals surface area contributed by atoms with Crippen molar-refractivity contribution in [1.82, 2.24) is 5.32 Å². The van der Waals surface area contributed by atoms with Crippen molar-refractivity contribution in [2.75, 3.05) is 11.9 Å². The fourth-order valence-electron chi connectivity index (χ4n) is 1.57. The van der Waals surface area contributed by atoms with Gasteiger partial charge in [0, 0.05) is 5.69 Å². The minimum atomic E-state index is -0.406. The highest BCUT2D eigenvalue weighted by Gasteiger charge is 2.07. The van der Waals surface area contributed by atoms with Crippen LogP contribution in [0.4, 0.5) is 5.69 Å². The van der Waals surface area contributed by atoms with Crippen molar-refractivity contribution in [1.29, 1.82) is 0 Å². The van der Waals surface area contributed by atoms with Crippen LogP contribution in [0, 0.1) is 0 Å². The van der Waals surface area contributed by atoms with E-state index < -0.39 is 5.91 Å². The van der Waals surface area contributed by atoms with Gasteiger partial charge in [0.2, 0.25) is 0 Å². The highest BCUT2D eigenvalue weighted by Crippen LogP contribution is 2.22. The Balaban J connectivity index is 1.80. The minimum absolute atomic E-state index is 0.137. The van der Waals surface area contributed by atoms with Gasteiger partial charge in [-0.2, -0.15) is 0 Å². The van der Waals surface area contributed by atoms with E-state index in [4.69, 9.17) is 28.6 Å². The van der Waals surface area contributed by atoms with E-state index in [1.165, 1.54) is 12.1 Å². The fourth-order valence-corrected chi connectivity index (χ4v) is 2.00. The summed E-state index contributed by atoms with van der Waals surface area (Å²) in [5.41, 5.74) is 0.648. The molecule has 2 rings (SSSR count). The van der Waals surface area contributed by atoms with Crippen molar-refractivity contribution in [3.05, 3.63) is 53.6 Å². The molecule has 0 spiro atoms. The van der Waals surface area contributed by atoms with Gasteiger partial charge in [-0.05, 0) is 48.6 Å². The number of carbonyl (C=O) groups excluding carboxylic acids is 1. The lowest BCUT2D eigenvalue weighted by atomic mass is 10.3. The first-order valence-electron chi connectivity index (χ1n) is 6.32. The average Bonchev–Trinajstić information content (AvgIpc) is 2.49. The standard InChI is InChI=1S/C15H13ClN2O3S/c16-12-3-1-2-4-13(12)21-9-14(20)18-15(22)17-10-5-7-11(19)8-6-10/h1-8,19H,9H2,(H2,17,18,20,22). The monoisotopic (exact) mass is 336 g/mol. The number of ether oxygens (including phenoxy) is 1. The first kappa shape index (κ1) is 16.1. The van der Waals surface area contributed by atoms with Crippen LogP contribution in [0.2, 0.25) is 5.02 Å². The number of para-hydroxylation sites is 1. The van der Waals surface area contributed by atoms with Crippen molar-refractivity contribution >= 4 is 40.5 Å². The molecular weight excluding hydrogens is 324 g/mol. The number of carbonyl (C=O) groups is 1. The maximum Gasteiger partial charge on any atom is 0.264 e. The van der Waals surface area contributed by atoms with Crippen LogP contribution < -0.4 is 15.4 Å². The number of thiocarbonyl (C=S) groups is 1. The van der Waals surface area contributed by atoms with Crippen molar-refractivity contribution in [3.63, 3.8) is 0 Å². The summed E-state index contributed by atoms with van der Waals surface area (Å²) in [5, 5.41) is 15.0. The highest BCUT2D eigenvalue weighted by atomic mass is 35.5. The molecule has 0 aromatic heterocycles. The number of benzene rings is 2. The summed E-state index contributed by atoms with van der Waals surface area (Å²) in [6.45, 7) is -0.207. The number of rotatable bonds is 4.